The highest BCUT2D eigenvalue weighted by Gasteiger charge is 2.08. The highest BCUT2D eigenvalue weighted by Crippen LogP contribution is 2.12. The van der Waals surface area contributed by atoms with Crippen LogP contribution in [0.25, 0.3) is 0 Å². The molecule has 120 valence electrons. The van der Waals surface area contributed by atoms with Crippen molar-refractivity contribution in [2.45, 2.75) is 33.2 Å². The maximum atomic E-state index is 5.81. The summed E-state index contributed by atoms with van der Waals surface area (Å²) in [5.74, 6) is 0.961. The van der Waals surface area contributed by atoms with Crippen LogP contribution < -0.4 is 10.6 Å². The van der Waals surface area contributed by atoms with Gasteiger partial charge in [0.05, 0.1) is 13.2 Å². The Labute approximate surface area is 128 Å². The van der Waals surface area contributed by atoms with Crippen molar-refractivity contribution in [1.82, 2.24) is 4.98 Å². The molecule has 0 radical (unpaired) electrons. The van der Waals surface area contributed by atoms with Crippen molar-refractivity contribution in [3.8, 4) is 0 Å². The Morgan fingerprint density at radius 2 is 1.76 bits per heavy atom. The third-order valence-corrected chi connectivity index (χ3v) is 3.11. The Kier molecular flexibility index (Phi) is 8.98. The smallest absolute Gasteiger partial charge is 0.128 e. The number of hydrogen-bond acceptors (Lipinski definition) is 5. The fourth-order valence-corrected chi connectivity index (χ4v) is 2.08. The first kappa shape index (κ1) is 17.9. The predicted molar refractivity (Wildman–Crippen MR) is 86.8 cm³/mol. The van der Waals surface area contributed by atoms with E-state index in [-0.39, 0.29) is 6.04 Å². The van der Waals surface area contributed by atoms with E-state index in [0.29, 0.717) is 13.2 Å². The van der Waals surface area contributed by atoms with Crippen molar-refractivity contribution in [3.05, 3.63) is 23.9 Å². The zero-order valence-corrected chi connectivity index (χ0v) is 13.5. The van der Waals surface area contributed by atoms with Gasteiger partial charge in [-0.15, -0.1) is 0 Å². The second-order valence-electron chi connectivity index (χ2n) is 5.09. The number of ether oxygens (including phenoxy) is 2. The molecule has 0 aromatic carbocycles. The van der Waals surface area contributed by atoms with E-state index in [4.69, 9.17) is 15.2 Å². The number of pyridine rings is 1. The van der Waals surface area contributed by atoms with E-state index in [0.717, 1.165) is 38.5 Å². The number of aromatic nitrogens is 1. The number of anilines is 1. The molecule has 5 heteroatoms. The standard InChI is InChI=1S/C16H29N3O2/c1-4-20-10-8-19(9-11-21-5-2)16-7-6-15(13-18-16)12-14(3)17/h6-7,13-14H,4-5,8-12,17H2,1-3H3. The third-order valence-electron chi connectivity index (χ3n) is 3.11. The minimum atomic E-state index is 0.157. The predicted octanol–water partition coefficient (Wildman–Crippen LogP) is 1.85. The van der Waals surface area contributed by atoms with Crippen LogP contribution in [0.5, 0.6) is 0 Å². The summed E-state index contributed by atoms with van der Waals surface area (Å²) in [5.41, 5.74) is 6.98. The molecular formula is C16H29N3O2. The fourth-order valence-electron chi connectivity index (χ4n) is 2.08. The number of rotatable bonds is 11. The first-order chi connectivity index (χ1) is 10.2. The lowest BCUT2D eigenvalue weighted by Crippen LogP contribution is -2.31. The van der Waals surface area contributed by atoms with Crippen molar-refractivity contribution in [2.24, 2.45) is 5.73 Å². The monoisotopic (exact) mass is 295 g/mol. The van der Waals surface area contributed by atoms with Gasteiger partial charge in [-0.3, -0.25) is 0 Å². The third kappa shape index (κ3) is 7.41. The van der Waals surface area contributed by atoms with Gasteiger partial charge in [0.15, 0.2) is 0 Å². The summed E-state index contributed by atoms with van der Waals surface area (Å²) in [6.07, 6.45) is 2.76. The maximum Gasteiger partial charge on any atom is 0.128 e. The lowest BCUT2D eigenvalue weighted by Gasteiger charge is -2.23. The van der Waals surface area contributed by atoms with Crippen LogP contribution in [0, 0.1) is 0 Å². The summed E-state index contributed by atoms with van der Waals surface area (Å²) in [6, 6.07) is 4.31. The van der Waals surface area contributed by atoms with E-state index < -0.39 is 0 Å². The average molecular weight is 295 g/mol. The topological polar surface area (TPSA) is 60.6 Å². The molecule has 1 aromatic heterocycles. The van der Waals surface area contributed by atoms with Gasteiger partial charge >= 0.3 is 0 Å². The SMILES string of the molecule is CCOCCN(CCOCC)c1ccc(CC(C)N)cn1. The molecule has 0 fully saturated rings. The summed E-state index contributed by atoms with van der Waals surface area (Å²) < 4.78 is 10.9. The molecule has 1 heterocycles. The maximum absolute atomic E-state index is 5.81. The summed E-state index contributed by atoms with van der Waals surface area (Å²) in [5, 5.41) is 0. The number of nitrogens with zero attached hydrogens (tertiary/aromatic N) is 2. The highest BCUT2D eigenvalue weighted by molar-refractivity contribution is 5.39. The zero-order chi connectivity index (χ0) is 15.5. The molecule has 2 N–H and O–H groups in total. The lowest BCUT2D eigenvalue weighted by atomic mass is 10.1. The van der Waals surface area contributed by atoms with Crippen LogP contribution in [0.2, 0.25) is 0 Å². The van der Waals surface area contributed by atoms with Gasteiger partial charge in [0, 0.05) is 38.5 Å². The van der Waals surface area contributed by atoms with E-state index in [9.17, 15) is 0 Å². The van der Waals surface area contributed by atoms with Gasteiger partial charge in [0.1, 0.15) is 5.82 Å². The molecule has 0 amide bonds. The van der Waals surface area contributed by atoms with E-state index in [1.54, 1.807) is 0 Å². The molecule has 0 bridgehead atoms. The highest BCUT2D eigenvalue weighted by atomic mass is 16.5. The molecule has 0 saturated heterocycles. The minimum Gasteiger partial charge on any atom is -0.380 e. The zero-order valence-electron chi connectivity index (χ0n) is 13.5. The molecule has 0 aliphatic heterocycles. The van der Waals surface area contributed by atoms with Gasteiger partial charge in [0.25, 0.3) is 0 Å². The van der Waals surface area contributed by atoms with Gasteiger partial charge in [-0.05, 0) is 38.8 Å². The Balaban J connectivity index is 2.62. The van der Waals surface area contributed by atoms with Crippen molar-refractivity contribution in [1.29, 1.82) is 0 Å². The average Bonchev–Trinajstić information content (AvgIpc) is 2.46. The van der Waals surface area contributed by atoms with Crippen LogP contribution >= 0.6 is 0 Å². The number of nitrogens with two attached hydrogens (primary N) is 1. The van der Waals surface area contributed by atoms with Gasteiger partial charge in [-0.2, -0.15) is 0 Å². The van der Waals surface area contributed by atoms with Crippen LogP contribution in [0.1, 0.15) is 26.3 Å². The molecule has 1 rings (SSSR count). The molecule has 0 aliphatic carbocycles. The Bertz CT molecular complexity index is 358. The largest absolute Gasteiger partial charge is 0.380 e. The molecule has 0 spiro atoms. The Hall–Kier alpha value is -1.17. The second kappa shape index (κ2) is 10.5. The van der Waals surface area contributed by atoms with Gasteiger partial charge in [-0.1, -0.05) is 6.07 Å². The summed E-state index contributed by atoms with van der Waals surface area (Å²) in [4.78, 5) is 6.74. The van der Waals surface area contributed by atoms with Gasteiger partial charge in [0.2, 0.25) is 0 Å². The van der Waals surface area contributed by atoms with Crippen molar-refractivity contribution in [2.75, 3.05) is 44.4 Å². The molecule has 1 unspecified atom stereocenters. The normalized spacial score (nSPS) is 12.4. The molecule has 1 aromatic rings. The van der Waals surface area contributed by atoms with Crippen molar-refractivity contribution < 1.29 is 9.47 Å². The van der Waals surface area contributed by atoms with Crippen LogP contribution in [0.15, 0.2) is 18.3 Å². The van der Waals surface area contributed by atoms with Crippen LogP contribution in [-0.4, -0.2) is 50.5 Å². The van der Waals surface area contributed by atoms with E-state index in [1.165, 1.54) is 5.56 Å². The van der Waals surface area contributed by atoms with Crippen LogP contribution in [0.4, 0.5) is 5.82 Å². The van der Waals surface area contributed by atoms with Crippen LogP contribution in [0.3, 0.4) is 0 Å². The first-order valence-corrected chi connectivity index (χ1v) is 7.78. The van der Waals surface area contributed by atoms with Crippen molar-refractivity contribution >= 4 is 5.82 Å². The second-order valence-corrected chi connectivity index (χ2v) is 5.09. The van der Waals surface area contributed by atoms with Gasteiger partial charge in [-0.25, -0.2) is 4.98 Å². The minimum absolute atomic E-state index is 0.157. The van der Waals surface area contributed by atoms with Gasteiger partial charge < -0.3 is 20.1 Å². The quantitative estimate of drug-likeness (QED) is 0.631. The summed E-state index contributed by atoms with van der Waals surface area (Å²) in [7, 11) is 0. The molecular weight excluding hydrogens is 266 g/mol. The Morgan fingerprint density at radius 3 is 2.19 bits per heavy atom. The molecule has 21 heavy (non-hydrogen) atoms. The van der Waals surface area contributed by atoms with E-state index >= 15 is 0 Å². The molecule has 0 saturated carbocycles. The molecule has 0 aliphatic rings. The van der Waals surface area contributed by atoms with Crippen LogP contribution in [-0.2, 0) is 15.9 Å². The fraction of sp³-hybridized carbons (Fsp3) is 0.688. The van der Waals surface area contributed by atoms with E-state index in [1.807, 2.05) is 27.0 Å². The number of hydrogen-bond donors (Lipinski definition) is 1. The summed E-state index contributed by atoms with van der Waals surface area (Å²) >= 11 is 0. The lowest BCUT2D eigenvalue weighted by molar-refractivity contribution is 0.141. The molecule has 1 atom stereocenters. The van der Waals surface area contributed by atoms with E-state index in [2.05, 4.69) is 22.0 Å². The van der Waals surface area contributed by atoms with Crippen molar-refractivity contribution in [3.63, 3.8) is 0 Å². The Morgan fingerprint density at radius 1 is 1.14 bits per heavy atom. The molecule has 5 nitrogen and oxygen atoms in total. The first-order valence-electron chi connectivity index (χ1n) is 7.78. The summed E-state index contributed by atoms with van der Waals surface area (Å²) in [6.45, 7) is 10.5.